The van der Waals surface area contributed by atoms with Gasteiger partial charge < -0.3 is 15.2 Å². The molecule has 1 fully saturated rings. The normalized spacial score (nSPS) is 18.1. The lowest BCUT2D eigenvalue weighted by atomic mass is 9.83. The second-order valence-corrected chi connectivity index (χ2v) is 7.01. The van der Waals surface area contributed by atoms with Crippen LogP contribution in [0.1, 0.15) is 68.9 Å². The van der Waals surface area contributed by atoms with E-state index in [1.54, 1.807) is 0 Å². The maximum Gasteiger partial charge on any atom is 0.191 e. The van der Waals surface area contributed by atoms with Crippen molar-refractivity contribution >= 4 is 29.9 Å². The van der Waals surface area contributed by atoms with E-state index in [1.807, 2.05) is 20.9 Å². The van der Waals surface area contributed by atoms with Crippen LogP contribution >= 0.6 is 24.0 Å². The third kappa shape index (κ3) is 5.10. The highest BCUT2D eigenvalue weighted by Gasteiger charge is 2.31. The summed E-state index contributed by atoms with van der Waals surface area (Å²) in [5.41, 5.74) is 2.65. The van der Waals surface area contributed by atoms with Crippen molar-refractivity contribution in [3.63, 3.8) is 0 Å². The molecule has 1 saturated carbocycles. The number of hydrogen-bond acceptors (Lipinski definition) is 3. The van der Waals surface area contributed by atoms with Gasteiger partial charge in [0.1, 0.15) is 5.76 Å². The van der Waals surface area contributed by atoms with Gasteiger partial charge in [-0.15, -0.1) is 24.0 Å². The first-order chi connectivity index (χ1) is 11.0. The molecule has 0 bridgehead atoms. The molecule has 0 spiro atoms. The van der Waals surface area contributed by atoms with E-state index in [0.29, 0.717) is 11.3 Å². The van der Waals surface area contributed by atoms with Crippen LogP contribution < -0.4 is 10.6 Å². The van der Waals surface area contributed by atoms with Gasteiger partial charge in [-0.25, -0.2) is 0 Å². The van der Waals surface area contributed by atoms with Crippen molar-refractivity contribution in [1.29, 1.82) is 0 Å². The quantitative estimate of drug-likeness (QED) is 0.390. The topological polar surface area (TPSA) is 62.5 Å². The zero-order valence-electron chi connectivity index (χ0n) is 15.7. The largest absolute Gasteiger partial charge is 0.361 e. The fraction of sp³-hybridized carbons (Fsp3) is 0.778. The Bertz CT molecular complexity index is 516. The van der Waals surface area contributed by atoms with E-state index in [-0.39, 0.29) is 24.0 Å². The van der Waals surface area contributed by atoms with Crippen LogP contribution in [-0.4, -0.2) is 31.3 Å². The second-order valence-electron chi connectivity index (χ2n) is 7.01. The van der Waals surface area contributed by atoms with Crippen molar-refractivity contribution in [2.45, 2.75) is 65.7 Å². The van der Waals surface area contributed by atoms with E-state index in [1.165, 1.54) is 37.7 Å². The molecule has 1 aromatic heterocycles. The zero-order valence-corrected chi connectivity index (χ0v) is 18.1. The Morgan fingerprint density at radius 2 is 1.96 bits per heavy atom. The van der Waals surface area contributed by atoms with Gasteiger partial charge in [-0.2, -0.15) is 0 Å². The van der Waals surface area contributed by atoms with Crippen molar-refractivity contribution in [1.82, 2.24) is 15.8 Å². The van der Waals surface area contributed by atoms with E-state index in [9.17, 15) is 0 Å². The Hall–Kier alpha value is -0.790. The Morgan fingerprint density at radius 3 is 2.46 bits per heavy atom. The smallest absolute Gasteiger partial charge is 0.191 e. The molecule has 1 aliphatic carbocycles. The molecular weight excluding hydrogens is 415 g/mol. The monoisotopic (exact) mass is 448 g/mol. The minimum atomic E-state index is 0. The Morgan fingerprint density at radius 1 is 1.29 bits per heavy atom. The van der Waals surface area contributed by atoms with Crippen LogP contribution in [0, 0.1) is 19.3 Å². The summed E-state index contributed by atoms with van der Waals surface area (Å²) in [7, 11) is 1.84. The summed E-state index contributed by atoms with van der Waals surface area (Å²) in [5, 5.41) is 11.0. The van der Waals surface area contributed by atoms with E-state index in [2.05, 4.69) is 34.6 Å². The maximum atomic E-state index is 5.27. The van der Waals surface area contributed by atoms with Crippen molar-refractivity contribution in [2.75, 3.05) is 20.1 Å². The highest BCUT2D eigenvalue weighted by atomic mass is 127. The number of aromatic nitrogens is 1. The molecule has 1 atom stereocenters. The average Bonchev–Trinajstić information content (AvgIpc) is 3.15. The van der Waals surface area contributed by atoms with Crippen LogP contribution in [0.4, 0.5) is 0 Å². The molecule has 0 radical (unpaired) electrons. The summed E-state index contributed by atoms with van der Waals surface area (Å²) in [6.07, 6.45) is 6.65. The minimum Gasteiger partial charge on any atom is -0.361 e. The summed E-state index contributed by atoms with van der Waals surface area (Å²) in [6, 6.07) is 0. The van der Waals surface area contributed by atoms with Gasteiger partial charge in [0.05, 0.1) is 5.69 Å². The van der Waals surface area contributed by atoms with E-state index < -0.39 is 0 Å². The number of halogens is 1. The molecule has 1 heterocycles. The minimum absolute atomic E-state index is 0. The van der Waals surface area contributed by atoms with E-state index in [0.717, 1.165) is 30.5 Å². The SMILES string of the molecule is CCC1(CNC(=NC)NCC(C)c2c(C)noc2C)CCCC1.I. The molecular formula is C18H33IN4O. The van der Waals surface area contributed by atoms with Gasteiger partial charge in [-0.1, -0.05) is 31.8 Å². The van der Waals surface area contributed by atoms with Crippen LogP contribution in [0.15, 0.2) is 9.52 Å². The Balaban J connectivity index is 0.00000288. The first-order valence-electron chi connectivity index (χ1n) is 8.88. The molecule has 0 amide bonds. The number of nitrogens with zero attached hydrogens (tertiary/aromatic N) is 2. The number of nitrogens with one attached hydrogen (secondary N) is 2. The van der Waals surface area contributed by atoms with Crippen LogP contribution in [-0.2, 0) is 0 Å². The predicted molar refractivity (Wildman–Crippen MR) is 110 cm³/mol. The van der Waals surface area contributed by atoms with Crippen molar-refractivity contribution in [3.05, 3.63) is 17.0 Å². The molecule has 6 heteroatoms. The lowest BCUT2D eigenvalue weighted by Gasteiger charge is -2.28. The molecule has 1 unspecified atom stereocenters. The third-order valence-corrected chi connectivity index (χ3v) is 5.43. The third-order valence-electron chi connectivity index (χ3n) is 5.43. The van der Waals surface area contributed by atoms with Crippen LogP contribution in [0.3, 0.4) is 0 Å². The fourth-order valence-electron chi connectivity index (χ4n) is 3.82. The van der Waals surface area contributed by atoms with E-state index in [4.69, 9.17) is 4.52 Å². The standard InChI is InChI=1S/C18H32N4O.HI/c1-6-18(9-7-8-10-18)12-21-17(19-5)20-11-13(2)16-14(3)22-23-15(16)4;/h13H,6-12H2,1-5H3,(H2,19,20,21);1H. The molecule has 138 valence electrons. The van der Waals surface area contributed by atoms with Gasteiger partial charge in [-0.05, 0) is 38.5 Å². The average molecular weight is 448 g/mol. The molecule has 24 heavy (non-hydrogen) atoms. The molecule has 1 aromatic rings. The van der Waals surface area contributed by atoms with Gasteiger partial charge in [0.15, 0.2) is 5.96 Å². The van der Waals surface area contributed by atoms with Crippen molar-refractivity contribution < 1.29 is 4.52 Å². The van der Waals surface area contributed by atoms with Gasteiger partial charge >= 0.3 is 0 Å². The summed E-state index contributed by atoms with van der Waals surface area (Å²) in [5.74, 6) is 2.14. The van der Waals surface area contributed by atoms with Crippen LogP contribution in [0.5, 0.6) is 0 Å². The summed E-state index contributed by atoms with van der Waals surface area (Å²) < 4.78 is 5.27. The van der Waals surface area contributed by atoms with Crippen LogP contribution in [0.2, 0.25) is 0 Å². The Labute approximate surface area is 163 Å². The first kappa shape index (κ1) is 21.3. The summed E-state index contributed by atoms with van der Waals surface area (Å²) in [6.45, 7) is 10.3. The first-order valence-corrected chi connectivity index (χ1v) is 8.88. The summed E-state index contributed by atoms with van der Waals surface area (Å²) in [4.78, 5) is 4.37. The lowest BCUT2D eigenvalue weighted by molar-refractivity contribution is 0.283. The molecule has 0 saturated heterocycles. The number of rotatable bonds is 6. The lowest BCUT2D eigenvalue weighted by Crippen LogP contribution is -2.43. The van der Waals surface area contributed by atoms with Crippen molar-refractivity contribution in [2.24, 2.45) is 10.4 Å². The van der Waals surface area contributed by atoms with Crippen LogP contribution in [0.25, 0.3) is 0 Å². The van der Waals surface area contributed by atoms with Gasteiger partial charge in [-0.3, -0.25) is 4.99 Å². The van der Waals surface area contributed by atoms with Gasteiger partial charge in [0.2, 0.25) is 0 Å². The van der Waals surface area contributed by atoms with Crippen molar-refractivity contribution in [3.8, 4) is 0 Å². The zero-order chi connectivity index (χ0) is 16.9. The maximum absolute atomic E-state index is 5.27. The van der Waals surface area contributed by atoms with Gasteiger partial charge in [0.25, 0.3) is 0 Å². The number of hydrogen-bond donors (Lipinski definition) is 2. The van der Waals surface area contributed by atoms with E-state index >= 15 is 0 Å². The summed E-state index contributed by atoms with van der Waals surface area (Å²) >= 11 is 0. The molecule has 0 aliphatic heterocycles. The number of guanidine groups is 1. The number of aliphatic imine (C=N–C) groups is 1. The highest BCUT2D eigenvalue weighted by molar-refractivity contribution is 14.0. The molecule has 2 rings (SSSR count). The number of aryl methyl sites for hydroxylation is 2. The predicted octanol–water partition coefficient (Wildman–Crippen LogP) is 4.15. The fourth-order valence-corrected chi connectivity index (χ4v) is 3.82. The molecule has 0 aromatic carbocycles. The molecule has 1 aliphatic rings. The Kier molecular flexibility index (Phi) is 8.53. The van der Waals surface area contributed by atoms with Gasteiger partial charge in [0, 0.05) is 31.6 Å². The molecule has 2 N–H and O–H groups in total. The highest BCUT2D eigenvalue weighted by Crippen LogP contribution is 2.40. The second kappa shape index (κ2) is 9.63. The molecule has 5 nitrogen and oxygen atoms in total.